The molecule has 1 fully saturated rings. The molecule has 108 valence electrons. The maximum Gasteiger partial charge on any atom is 0.492 e. The lowest BCUT2D eigenvalue weighted by atomic mass is 9.97. The summed E-state index contributed by atoms with van der Waals surface area (Å²) in [6, 6.07) is 0. The van der Waals surface area contributed by atoms with Crippen molar-refractivity contribution in [2.75, 3.05) is 13.2 Å². The van der Waals surface area contributed by atoms with Crippen LogP contribution in [0.5, 0.6) is 0 Å². The number of nitrogens with zero attached hydrogens (tertiary/aromatic N) is 4. The fourth-order valence-corrected chi connectivity index (χ4v) is 2.02. The Bertz CT molecular complexity index is 375. The Morgan fingerprint density at radius 1 is 1.47 bits per heavy atom. The number of hydrogen-bond acceptors (Lipinski definition) is 7. The van der Waals surface area contributed by atoms with Gasteiger partial charge in [0.15, 0.2) is 0 Å². The van der Waals surface area contributed by atoms with Gasteiger partial charge in [-0.25, -0.2) is 9.80 Å². The zero-order valence-electron chi connectivity index (χ0n) is 10.2. The van der Waals surface area contributed by atoms with Gasteiger partial charge in [0.1, 0.15) is 12.8 Å². The summed E-state index contributed by atoms with van der Waals surface area (Å²) < 4.78 is 36.6. The smallest absolute Gasteiger partial charge is 0.359 e. The van der Waals surface area contributed by atoms with E-state index in [4.69, 9.17) is 0 Å². The molecule has 0 aromatic carbocycles. The number of alkyl halides is 3. The number of hydroxylamine groups is 2. The first-order valence-corrected chi connectivity index (χ1v) is 5.84. The lowest BCUT2D eigenvalue weighted by molar-refractivity contribution is -0.265. The Hall–Kier alpha value is -1.58. The van der Waals surface area contributed by atoms with Gasteiger partial charge in [0.05, 0.1) is 0 Å². The zero-order valence-corrected chi connectivity index (χ0v) is 10.2. The van der Waals surface area contributed by atoms with Crippen LogP contribution in [0.25, 0.3) is 0 Å². The van der Waals surface area contributed by atoms with Crippen LogP contribution in [-0.2, 0) is 9.63 Å². The first-order chi connectivity index (χ1) is 8.88. The van der Waals surface area contributed by atoms with E-state index in [0.29, 0.717) is 18.8 Å². The third-order valence-corrected chi connectivity index (χ3v) is 3.03. The van der Waals surface area contributed by atoms with E-state index in [-0.39, 0.29) is 13.2 Å². The number of piperidine rings is 1. The normalized spacial score (nSPS) is 28.3. The quantitative estimate of drug-likeness (QED) is 0.824. The fourth-order valence-electron chi connectivity index (χ4n) is 2.02. The number of rotatable bonds is 2. The molecule has 0 bridgehead atoms. The number of hydrogen-bond donors (Lipinski definition) is 1. The van der Waals surface area contributed by atoms with Crippen LogP contribution in [0, 0.1) is 5.92 Å². The van der Waals surface area contributed by atoms with Crippen LogP contribution < -0.4 is 5.43 Å². The number of nitrogens with one attached hydrogen (secondary N) is 1. The van der Waals surface area contributed by atoms with Crippen LogP contribution in [0.1, 0.15) is 19.8 Å². The van der Waals surface area contributed by atoms with Crippen molar-refractivity contribution in [3.63, 3.8) is 0 Å². The standard InChI is InChI=1S/C9H14F3N5O2/c1-6-2-3-17(19-8(18)9(10,11)12)7(4-6)16-5-13-14-15-16/h6-7H,2-5H2,1H3,(H,13,15)/t6?,7-/m0/s1. The predicted octanol–water partition coefficient (Wildman–Crippen LogP) is 1.21. The molecule has 0 saturated carbocycles. The molecular weight excluding hydrogens is 267 g/mol. The van der Waals surface area contributed by atoms with Gasteiger partial charge in [-0.05, 0) is 18.8 Å². The molecule has 0 amide bonds. The SMILES string of the molecule is CC1CCN(OC(=O)C(F)(F)F)[C@H](N2CNN=N2)C1. The van der Waals surface area contributed by atoms with E-state index in [1.165, 1.54) is 5.01 Å². The van der Waals surface area contributed by atoms with Gasteiger partial charge in [-0.3, -0.25) is 5.43 Å². The number of carbonyl (C=O) groups is 1. The highest BCUT2D eigenvalue weighted by Gasteiger charge is 2.45. The Labute approximate surface area is 107 Å². The Morgan fingerprint density at radius 3 is 2.79 bits per heavy atom. The Morgan fingerprint density at radius 2 is 2.21 bits per heavy atom. The molecule has 0 aromatic rings. The molecule has 2 heterocycles. The second kappa shape index (κ2) is 5.19. The summed E-state index contributed by atoms with van der Waals surface area (Å²) in [4.78, 5) is 15.3. The highest BCUT2D eigenvalue weighted by Crippen LogP contribution is 2.28. The molecule has 1 N–H and O–H groups in total. The van der Waals surface area contributed by atoms with Gasteiger partial charge >= 0.3 is 12.1 Å². The van der Waals surface area contributed by atoms with Crippen LogP contribution in [0.3, 0.4) is 0 Å². The van der Waals surface area contributed by atoms with E-state index in [1.54, 1.807) is 0 Å². The molecule has 2 atom stereocenters. The largest absolute Gasteiger partial charge is 0.492 e. The lowest BCUT2D eigenvalue weighted by Gasteiger charge is -2.39. The molecule has 2 aliphatic heterocycles. The van der Waals surface area contributed by atoms with Crippen LogP contribution in [0.15, 0.2) is 10.4 Å². The van der Waals surface area contributed by atoms with Crippen LogP contribution in [0.2, 0.25) is 0 Å². The van der Waals surface area contributed by atoms with Crippen LogP contribution in [0.4, 0.5) is 13.2 Å². The molecule has 0 aromatic heterocycles. The summed E-state index contributed by atoms with van der Waals surface area (Å²) in [5, 5.41) is 9.77. The topological polar surface area (TPSA) is 69.5 Å². The summed E-state index contributed by atoms with van der Waals surface area (Å²) in [6.07, 6.45) is -4.33. The highest BCUT2D eigenvalue weighted by molar-refractivity contribution is 5.75. The van der Waals surface area contributed by atoms with Crippen molar-refractivity contribution in [1.29, 1.82) is 0 Å². The molecule has 1 unspecified atom stereocenters. The third-order valence-electron chi connectivity index (χ3n) is 3.03. The van der Waals surface area contributed by atoms with Crippen molar-refractivity contribution in [1.82, 2.24) is 15.5 Å². The monoisotopic (exact) mass is 281 g/mol. The second-order valence-electron chi connectivity index (χ2n) is 4.57. The van der Waals surface area contributed by atoms with Crippen molar-refractivity contribution in [2.45, 2.75) is 32.1 Å². The fraction of sp³-hybridized carbons (Fsp3) is 0.889. The molecule has 2 aliphatic rings. The van der Waals surface area contributed by atoms with Crippen molar-refractivity contribution in [3.8, 4) is 0 Å². The second-order valence-corrected chi connectivity index (χ2v) is 4.57. The molecule has 19 heavy (non-hydrogen) atoms. The third kappa shape index (κ3) is 3.25. The lowest BCUT2D eigenvalue weighted by Crippen LogP contribution is -2.52. The number of halogens is 3. The first kappa shape index (κ1) is 13.8. The molecule has 2 rings (SSSR count). The number of carbonyl (C=O) groups excluding carboxylic acids is 1. The van der Waals surface area contributed by atoms with E-state index in [9.17, 15) is 18.0 Å². The molecule has 10 heteroatoms. The Balaban J connectivity index is 2.03. The minimum Gasteiger partial charge on any atom is -0.359 e. The van der Waals surface area contributed by atoms with E-state index >= 15 is 0 Å². The molecule has 0 aliphatic carbocycles. The molecule has 1 saturated heterocycles. The summed E-state index contributed by atoms with van der Waals surface area (Å²) >= 11 is 0. The van der Waals surface area contributed by atoms with Crippen molar-refractivity contribution in [3.05, 3.63) is 0 Å². The van der Waals surface area contributed by atoms with E-state index in [1.807, 2.05) is 6.92 Å². The van der Waals surface area contributed by atoms with Gasteiger partial charge in [-0.2, -0.15) is 13.2 Å². The Kier molecular flexibility index (Phi) is 3.78. The predicted molar refractivity (Wildman–Crippen MR) is 55.7 cm³/mol. The highest BCUT2D eigenvalue weighted by atomic mass is 19.4. The van der Waals surface area contributed by atoms with E-state index < -0.39 is 18.3 Å². The molecule has 7 nitrogen and oxygen atoms in total. The van der Waals surface area contributed by atoms with Gasteiger partial charge in [-0.1, -0.05) is 17.4 Å². The van der Waals surface area contributed by atoms with Gasteiger partial charge in [-0.15, -0.1) is 5.06 Å². The van der Waals surface area contributed by atoms with Crippen molar-refractivity contribution < 1.29 is 22.8 Å². The minimum atomic E-state index is -5.00. The minimum absolute atomic E-state index is 0.236. The average molecular weight is 281 g/mol. The van der Waals surface area contributed by atoms with Gasteiger partial charge in [0.25, 0.3) is 0 Å². The molecular formula is C9H14F3N5O2. The van der Waals surface area contributed by atoms with Crippen LogP contribution in [-0.4, -0.2) is 41.6 Å². The maximum absolute atomic E-state index is 12.2. The summed E-state index contributed by atoms with van der Waals surface area (Å²) in [6.45, 7) is 2.49. The van der Waals surface area contributed by atoms with Crippen molar-refractivity contribution in [2.24, 2.45) is 16.4 Å². The van der Waals surface area contributed by atoms with Crippen molar-refractivity contribution >= 4 is 5.97 Å². The first-order valence-electron chi connectivity index (χ1n) is 5.84. The van der Waals surface area contributed by atoms with Gasteiger partial charge in [0.2, 0.25) is 0 Å². The van der Waals surface area contributed by atoms with E-state index in [2.05, 4.69) is 20.7 Å². The van der Waals surface area contributed by atoms with Crippen LogP contribution >= 0.6 is 0 Å². The van der Waals surface area contributed by atoms with Gasteiger partial charge in [0, 0.05) is 6.54 Å². The summed E-state index contributed by atoms with van der Waals surface area (Å²) in [5.41, 5.74) is 2.58. The molecule has 0 radical (unpaired) electrons. The van der Waals surface area contributed by atoms with E-state index in [0.717, 1.165) is 5.06 Å². The summed E-state index contributed by atoms with van der Waals surface area (Å²) in [7, 11) is 0. The van der Waals surface area contributed by atoms with Gasteiger partial charge < -0.3 is 4.84 Å². The average Bonchev–Trinajstić information content (AvgIpc) is 2.83. The molecule has 0 spiro atoms. The maximum atomic E-state index is 12.2. The zero-order chi connectivity index (χ0) is 14.0. The summed E-state index contributed by atoms with van der Waals surface area (Å²) in [5.74, 6) is -1.90.